The third kappa shape index (κ3) is 2.00. The van der Waals surface area contributed by atoms with Gasteiger partial charge in [-0.05, 0) is 18.6 Å². The van der Waals surface area contributed by atoms with Crippen LogP contribution >= 0.6 is 11.3 Å². The van der Waals surface area contributed by atoms with E-state index in [1.807, 2.05) is 12.1 Å². The van der Waals surface area contributed by atoms with Gasteiger partial charge in [0.05, 0.1) is 21.1 Å². The molecule has 3 rings (SSSR count). The fraction of sp³-hybridized carbons (Fsp3) is 0.333. The van der Waals surface area contributed by atoms with E-state index in [1.54, 1.807) is 17.5 Å². The minimum absolute atomic E-state index is 0.373. The Kier molecular flexibility index (Phi) is 2.79. The summed E-state index contributed by atoms with van der Waals surface area (Å²) in [5.41, 5.74) is 13.5. The molecule has 0 aliphatic carbocycles. The molecule has 2 aromatic heterocycles. The Bertz CT molecular complexity index is 614. The SMILES string of the molecule is CCCC1(N)NC(N)=Nc2cc(-c3ccn[nH]3)sc21. The van der Waals surface area contributed by atoms with Crippen LogP contribution in [0.5, 0.6) is 0 Å². The topological polar surface area (TPSA) is 105 Å². The second kappa shape index (κ2) is 4.36. The molecular formula is C12H16N6S. The van der Waals surface area contributed by atoms with Crippen LogP contribution in [0.1, 0.15) is 24.6 Å². The van der Waals surface area contributed by atoms with Crippen LogP contribution in [0.15, 0.2) is 23.3 Å². The third-order valence-corrected chi connectivity index (χ3v) is 4.46. The van der Waals surface area contributed by atoms with Crippen molar-refractivity contribution in [2.24, 2.45) is 16.5 Å². The quantitative estimate of drug-likeness (QED) is 0.683. The lowest BCUT2D eigenvalue weighted by Crippen LogP contribution is -2.56. The van der Waals surface area contributed by atoms with Crippen LogP contribution in [-0.4, -0.2) is 16.2 Å². The number of nitrogens with one attached hydrogen (secondary N) is 2. The van der Waals surface area contributed by atoms with Crippen LogP contribution in [0.4, 0.5) is 5.69 Å². The summed E-state index contributed by atoms with van der Waals surface area (Å²) < 4.78 is 0. The molecule has 1 atom stereocenters. The Morgan fingerprint density at radius 3 is 3.00 bits per heavy atom. The first-order chi connectivity index (χ1) is 9.12. The van der Waals surface area contributed by atoms with Crippen LogP contribution in [-0.2, 0) is 5.66 Å². The van der Waals surface area contributed by atoms with E-state index in [1.165, 1.54) is 0 Å². The Hall–Kier alpha value is -1.86. The predicted octanol–water partition coefficient (Wildman–Crippen LogP) is 1.60. The van der Waals surface area contributed by atoms with Crippen molar-refractivity contribution in [2.45, 2.75) is 25.4 Å². The molecule has 0 fully saturated rings. The molecule has 0 radical (unpaired) electrons. The number of aromatic nitrogens is 2. The molecule has 100 valence electrons. The predicted molar refractivity (Wildman–Crippen MR) is 77.1 cm³/mol. The van der Waals surface area contributed by atoms with Gasteiger partial charge in [-0.1, -0.05) is 13.3 Å². The van der Waals surface area contributed by atoms with E-state index in [4.69, 9.17) is 11.5 Å². The van der Waals surface area contributed by atoms with E-state index < -0.39 is 5.66 Å². The van der Waals surface area contributed by atoms with Gasteiger partial charge in [0, 0.05) is 6.20 Å². The van der Waals surface area contributed by atoms with E-state index in [0.717, 1.165) is 34.0 Å². The number of aromatic amines is 1. The lowest BCUT2D eigenvalue weighted by Gasteiger charge is -2.33. The Labute approximate surface area is 114 Å². The Morgan fingerprint density at radius 2 is 2.32 bits per heavy atom. The smallest absolute Gasteiger partial charge is 0.195 e. The van der Waals surface area contributed by atoms with Gasteiger partial charge < -0.3 is 16.8 Å². The fourth-order valence-electron chi connectivity index (χ4n) is 2.32. The molecule has 3 heterocycles. The number of hydrogen-bond donors (Lipinski definition) is 4. The van der Waals surface area contributed by atoms with Gasteiger partial charge in [-0.25, -0.2) is 4.99 Å². The van der Waals surface area contributed by atoms with Gasteiger partial charge in [0.2, 0.25) is 0 Å². The highest BCUT2D eigenvalue weighted by atomic mass is 32.1. The number of rotatable bonds is 3. The van der Waals surface area contributed by atoms with Gasteiger partial charge >= 0.3 is 0 Å². The standard InChI is InChI=1S/C12H16N6S/c1-2-4-12(14)10-8(16-11(13)17-12)6-9(19-10)7-3-5-15-18-7/h3,5-6H,2,4,14H2,1H3,(H,15,18)(H3,13,16,17). The zero-order valence-corrected chi connectivity index (χ0v) is 11.4. The summed E-state index contributed by atoms with van der Waals surface area (Å²) in [6.07, 6.45) is 3.50. The summed E-state index contributed by atoms with van der Waals surface area (Å²) in [6, 6.07) is 3.92. The first-order valence-electron chi connectivity index (χ1n) is 6.17. The molecule has 6 N–H and O–H groups in total. The van der Waals surface area contributed by atoms with Gasteiger partial charge in [0.25, 0.3) is 0 Å². The second-order valence-corrected chi connectivity index (χ2v) is 5.69. The average Bonchev–Trinajstić information content (AvgIpc) is 2.95. The molecule has 6 nitrogen and oxygen atoms in total. The second-order valence-electron chi connectivity index (χ2n) is 4.64. The summed E-state index contributed by atoms with van der Waals surface area (Å²) in [5.74, 6) is 0.373. The summed E-state index contributed by atoms with van der Waals surface area (Å²) >= 11 is 1.62. The largest absolute Gasteiger partial charge is 0.370 e. The van der Waals surface area contributed by atoms with Gasteiger partial charge in [-0.3, -0.25) is 5.10 Å². The Morgan fingerprint density at radius 1 is 1.47 bits per heavy atom. The number of thiophene rings is 1. The molecule has 0 amide bonds. The van der Waals surface area contributed by atoms with Crippen LogP contribution in [0, 0.1) is 0 Å². The number of H-pyrrole nitrogens is 1. The molecule has 7 heteroatoms. The normalized spacial score (nSPS) is 21.7. The fourth-order valence-corrected chi connectivity index (χ4v) is 3.48. The number of aliphatic imine (C=N–C) groups is 1. The number of nitrogens with zero attached hydrogens (tertiary/aromatic N) is 2. The highest BCUT2D eigenvalue weighted by Gasteiger charge is 2.35. The maximum atomic E-state index is 6.45. The van der Waals surface area contributed by atoms with Crippen LogP contribution in [0.25, 0.3) is 10.6 Å². The molecule has 19 heavy (non-hydrogen) atoms. The van der Waals surface area contributed by atoms with Crippen molar-refractivity contribution in [1.29, 1.82) is 0 Å². The van der Waals surface area contributed by atoms with Crippen molar-refractivity contribution in [3.05, 3.63) is 23.2 Å². The highest BCUT2D eigenvalue weighted by molar-refractivity contribution is 7.16. The number of guanidine groups is 1. The molecule has 0 saturated heterocycles. The summed E-state index contributed by atoms with van der Waals surface area (Å²) in [7, 11) is 0. The minimum Gasteiger partial charge on any atom is -0.370 e. The monoisotopic (exact) mass is 276 g/mol. The van der Waals surface area contributed by atoms with Crippen LogP contribution in [0.2, 0.25) is 0 Å². The number of fused-ring (bicyclic) bond motifs is 1. The molecule has 0 saturated carbocycles. The van der Waals surface area contributed by atoms with E-state index in [0.29, 0.717) is 5.96 Å². The van der Waals surface area contributed by atoms with Crippen molar-refractivity contribution in [3.63, 3.8) is 0 Å². The minimum atomic E-state index is -0.626. The zero-order valence-electron chi connectivity index (χ0n) is 10.6. The van der Waals surface area contributed by atoms with Gasteiger partial charge in [0.15, 0.2) is 5.96 Å². The van der Waals surface area contributed by atoms with E-state index in [2.05, 4.69) is 27.4 Å². The molecule has 1 aliphatic rings. The van der Waals surface area contributed by atoms with E-state index >= 15 is 0 Å². The molecular weight excluding hydrogens is 260 g/mol. The molecule has 0 bridgehead atoms. The van der Waals surface area contributed by atoms with Crippen LogP contribution in [0.3, 0.4) is 0 Å². The number of hydrogen-bond acceptors (Lipinski definition) is 6. The van der Waals surface area contributed by atoms with Gasteiger partial charge in [-0.2, -0.15) is 5.10 Å². The maximum Gasteiger partial charge on any atom is 0.195 e. The van der Waals surface area contributed by atoms with Crippen molar-refractivity contribution in [1.82, 2.24) is 15.5 Å². The van der Waals surface area contributed by atoms with Crippen molar-refractivity contribution in [3.8, 4) is 10.6 Å². The van der Waals surface area contributed by atoms with Crippen molar-refractivity contribution >= 4 is 23.0 Å². The zero-order chi connectivity index (χ0) is 13.5. The molecule has 0 spiro atoms. The molecule has 1 aliphatic heterocycles. The molecule has 1 unspecified atom stereocenters. The first kappa shape index (κ1) is 12.2. The van der Waals surface area contributed by atoms with Crippen molar-refractivity contribution in [2.75, 3.05) is 0 Å². The molecule has 2 aromatic rings. The van der Waals surface area contributed by atoms with E-state index in [-0.39, 0.29) is 0 Å². The highest BCUT2D eigenvalue weighted by Crippen LogP contribution is 2.43. The lowest BCUT2D eigenvalue weighted by molar-refractivity contribution is 0.375. The first-order valence-corrected chi connectivity index (χ1v) is 6.99. The average molecular weight is 276 g/mol. The number of nitrogens with two attached hydrogens (primary N) is 2. The summed E-state index contributed by atoms with van der Waals surface area (Å²) in [5, 5.41) is 10.0. The van der Waals surface area contributed by atoms with Gasteiger partial charge in [0.1, 0.15) is 5.66 Å². The Balaban J connectivity index is 2.09. The summed E-state index contributed by atoms with van der Waals surface area (Å²) in [6.45, 7) is 2.10. The van der Waals surface area contributed by atoms with E-state index in [9.17, 15) is 0 Å². The third-order valence-electron chi connectivity index (χ3n) is 3.12. The van der Waals surface area contributed by atoms with Crippen molar-refractivity contribution < 1.29 is 0 Å². The summed E-state index contributed by atoms with van der Waals surface area (Å²) in [4.78, 5) is 6.42. The van der Waals surface area contributed by atoms with Gasteiger partial charge in [-0.15, -0.1) is 11.3 Å². The maximum absolute atomic E-state index is 6.45. The molecule has 0 aromatic carbocycles. The lowest BCUT2D eigenvalue weighted by atomic mass is 10.0. The van der Waals surface area contributed by atoms with Crippen LogP contribution < -0.4 is 16.8 Å².